The van der Waals surface area contributed by atoms with E-state index in [2.05, 4.69) is 18.3 Å². The van der Waals surface area contributed by atoms with Gasteiger partial charge in [0.25, 0.3) is 0 Å². The summed E-state index contributed by atoms with van der Waals surface area (Å²) in [5.74, 6) is 0.0561. The van der Waals surface area contributed by atoms with Crippen LogP contribution in [0.3, 0.4) is 0 Å². The molecule has 1 fully saturated rings. The van der Waals surface area contributed by atoms with Gasteiger partial charge in [-0.25, -0.2) is 0 Å². The maximum absolute atomic E-state index is 11.7. The maximum atomic E-state index is 11.7. The highest BCUT2D eigenvalue weighted by molar-refractivity contribution is 5.78. The van der Waals surface area contributed by atoms with Gasteiger partial charge < -0.3 is 5.32 Å². The Morgan fingerprint density at radius 3 is 2.76 bits per heavy atom. The number of carbonyl (C=O) groups excluding carboxylic acids is 1. The third-order valence-corrected chi connectivity index (χ3v) is 3.31. The van der Waals surface area contributed by atoms with E-state index in [9.17, 15) is 4.79 Å². The summed E-state index contributed by atoms with van der Waals surface area (Å²) >= 11 is 0. The molecule has 4 nitrogen and oxygen atoms in total. The van der Waals surface area contributed by atoms with E-state index in [-0.39, 0.29) is 5.91 Å². The average Bonchev–Trinajstić information content (AvgIpc) is 2.82. The first-order valence-corrected chi connectivity index (χ1v) is 6.65. The zero-order valence-corrected chi connectivity index (χ0v) is 10.7. The fourth-order valence-electron chi connectivity index (χ4n) is 2.32. The molecule has 0 aromatic rings. The van der Waals surface area contributed by atoms with Gasteiger partial charge in [0.2, 0.25) is 5.91 Å². The second-order valence-electron chi connectivity index (χ2n) is 4.70. The quantitative estimate of drug-likeness (QED) is 0.541. The van der Waals surface area contributed by atoms with Gasteiger partial charge in [-0.3, -0.25) is 9.69 Å². The van der Waals surface area contributed by atoms with Crippen LogP contribution in [0, 0.1) is 11.3 Å². The van der Waals surface area contributed by atoms with E-state index >= 15 is 0 Å². The summed E-state index contributed by atoms with van der Waals surface area (Å²) < 4.78 is 0. The second kappa shape index (κ2) is 8.08. The average molecular weight is 237 g/mol. The van der Waals surface area contributed by atoms with Crippen molar-refractivity contribution >= 4 is 5.91 Å². The maximum Gasteiger partial charge on any atom is 0.234 e. The highest BCUT2D eigenvalue weighted by Gasteiger charge is 2.23. The van der Waals surface area contributed by atoms with E-state index in [4.69, 9.17) is 5.26 Å². The van der Waals surface area contributed by atoms with Gasteiger partial charge in [0, 0.05) is 12.6 Å². The van der Waals surface area contributed by atoms with Crippen LogP contribution < -0.4 is 5.32 Å². The predicted molar refractivity (Wildman–Crippen MR) is 67.4 cm³/mol. The monoisotopic (exact) mass is 237 g/mol. The molecule has 0 heterocycles. The van der Waals surface area contributed by atoms with Crippen LogP contribution in [0.1, 0.15) is 45.4 Å². The van der Waals surface area contributed by atoms with Crippen molar-refractivity contribution in [3.05, 3.63) is 0 Å². The van der Waals surface area contributed by atoms with Crippen molar-refractivity contribution in [1.29, 1.82) is 5.26 Å². The standard InChI is InChI=1S/C13H23N3O/c1-2-3-9-15-13(17)11-16(10-8-14)12-6-4-5-7-12/h12H,2-7,9-11H2,1H3,(H,15,17). The van der Waals surface area contributed by atoms with Crippen molar-refractivity contribution in [1.82, 2.24) is 10.2 Å². The fourth-order valence-corrected chi connectivity index (χ4v) is 2.32. The molecule has 1 aliphatic rings. The molecule has 0 atom stereocenters. The lowest BCUT2D eigenvalue weighted by atomic mass is 10.2. The van der Waals surface area contributed by atoms with E-state index in [0.29, 0.717) is 19.1 Å². The fraction of sp³-hybridized carbons (Fsp3) is 0.846. The summed E-state index contributed by atoms with van der Waals surface area (Å²) in [6.07, 6.45) is 6.82. The summed E-state index contributed by atoms with van der Waals surface area (Å²) in [7, 11) is 0. The van der Waals surface area contributed by atoms with Gasteiger partial charge in [-0.2, -0.15) is 5.26 Å². The second-order valence-corrected chi connectivity index (χ2v) is 4.70. The number of rotatable bonds is 7. The van der Waals surface area contributed by atoms with Crippen molar-refractivity contribution in [2.45, 2.75) is 51.5 Å². The lowest BCUT2D eigenvalue weighted by Gasteiger charge is -2.25. The molecule has 17 heavy (non-hydrogen) atoms. The van der Waals surface area contributed by atoms with Crippen LogP contribution in [0.25, 0.3) is 0 Å². The summed E-state index contributed by atoms with van der Waals surface area (Å²) in [4.78, 5) is 13.7. The highest BCUT2D eigenvalue weighted by Crippen LogP contribution is 2.22. The van der Waals surface area contributed by atoms with E-state index in [1.165, 1.54) is 12.8 Å². The molecule has 0 unspecified atom stereocenters. The predicted octanol–water partition coefficient (Wildman–Crippen LogP) is 1.67. The SMILES string of the molecule is CCCCNC(=O)CN(CC#N)C1CCCC1. The Morgan fingerprint density at radius 2 is 2.18 bits per heavy atom. The van der Waals surface area contributed by atoms with Gasteiger partial charge in [-0.1, -0.05) is 26.2 Å². The molecule has 1 saturated carbocycles. The molecule has 1 aliphatic carbocycles. The normalized spacial score (nSPS) is 16.1. The Hall–Kier alpha value is -1.08. The van der Waals surface area contributed by atoms with Gasteiger partial charge >= 0.3 is 0 Å². The molecule has 1 N–H and O–H groups in total. The highest BCUT2D eigenvalue weighted by atomic mass is 16.2. The number of nitrogens with one attached hydrogen (secondary N) is 1. The third kappa shape index (κ3) is 5.18. The number of nitrogens with zero attached hydrogens (tertiary/aromatic N) is 2. The van der Waals surface area contributed by atoms with Crippen LogP contribution in [0.15, 0.2) is 0 Å². The summed E-state index contributed by atoms with van der Waals surface area (Å²) in [6, 6.07) is 2.60. The van der Waals surface area contributed by atoms with Crippen molar-refractivity contribution in [2.75, 3.05) is 19.6 Å². The first-order valence-electron chi connectivity index (χ1n) is 6.65. The Kier molecular flexibility index (Phi) is 6.64. The van der Waals surface area contributed by atoms with Crippen LogP contribution in [-0.2, 0) is 4.79 Å². The largest absolute Gasteiger partial charge is 0.355 e. The molecule has 0 bridgehead atoms. The van der Waals surface area contributed by atoms with Gasteiger partial charge in [-0.15, -0.1) is 0 Å². The molecule has 1 rings (SSSR count). The van der Waals surface area contributed by atoms with Crippen LogP contribution in [-0.4, -0.2) is 36.5 Å². The molecular formula is C13H23N3O. The lowest BCUT2D eigenvalue weighted by molar-refractivity contribution is -0.122. The minimum absolute atomic E-state index is 0.0561. The summed E-state index contributed by atoms with van der Waals surface area (Å²) in [6.45, 7) is 3.60. The zero-order chi connectivity index (χ0) is 12.5. The van der Waals surface area contributed by atoms with Crippen LogP contribution in [0.5, 0.6) is 0 Å². The Balaban J connectivity index is 2.32. The zero-order valence-electron chi connectivity index (χ0n) is 10.7. The summed E-state index contributed by atoms with van der Waals surface area (Å²) in [5, 5.41) is 11.7. The van der Waals surface area contributed by atoms with Gasteiger partial charge in [0.05, 0.1) is 19.2 Å². The van der Waals surface area contributed by atoms with Crippen molar-refractivity contribution in [3.63, 3.8) is 0 Å². The molecule has 0 aromatic carbocycles. The van der Waals surface area contributed by atoms with Crippen molar-refractivity contribution in [3.8, 4) is 6.07 Å². The van der Waals surface area contributed by atoms with Crippen molar-refractivity contribution in [2.24, 2.45) is 0 Å². The van der Waals surface area contributed by atoms with E-state index in [1.54, 1.807) is 0 Å². The smallest absolute Gasteiger partial charge is 0.234 e. The number of unbranched alkanes of at least 4 members (excludes halogenated alkanes) is 1. The minimum Gasteiger partial charge on any atom is -0.355 e. The number of nitriles is 1. The van der Waals surface area contributed by atoms with Crippen LogP contribution >= 0.6 is 0 Å². The molecule has 4 heteroatoms. The van der Waals surface area contributed by atoms with Gasteiger partial charge in [0.1, 0.15) is 0 Å². The number of hydrogen-bond donors (Lipinski definition) is 1. The first-order chi connectivity index (χ1) is 8.27. The minimum atomic E-state index is 0.0561. The van der Waals surface area contributed by atoms with E-state index in [1.807, 2.05) is 4.90 Å². The molecule has 0 aromatic heterocycles. The topological polar surface area (TPSA) is 56.1 Å². The van der Waals surface area contributed by atoms with Crippen LogP contribution in [0.4, 0.5) is 0 Å². The van der Waals surface area contributed by atoms with Crippen LogP contribution in [0.2, 0.25) is 0 Å². The van der Waals surface area contributed by atoms with Gasteiger partial charge in [0.15, 0.2) is 0 Å². The van der Waals surface area contributed by atoms with E-state index < -0.39 is 0 Å². The van der Waals surface area contributed by atoms with E-state index in [0.717, 1.165) is 32.2 Å². The lowest BCUT2D eigenvalue weighted by Crippen LogP contribution is -2.42. The molecule has 0 radical (unpaired) electrons. The Morgan fingerprint density at radius 1 is 1.47 bits per heavy atom. The number of hydrogen-bond acceptors (Lipinski definition) is 3. The first kappa shape index (κ1) is 14.0. The molecule has 1 amide bonds. The summed E-state index contributed by atoms with van der Waals surface area (Å²) in [5.41, 5.74) is 0. The number of carbonyl (C=O) groups is 1. The van der Waals surface area contributed by atoms with Gasteiger partial charge in [-0.05, 0) is 19.3 Å². The Bertz CT molecular complexity index is 266. The van der Waals surface area contributed by atoms with Crippen molar-refractivity contribution < 1.29 is 4.79 Å². The molecule has 0 saturated heterocycles. The molecule has 96 valence electrons. The number of amides is 1. The molecular weight excluding hydrogens is 214 g/mol. The molecule has 0 spiro atoms. The Labute approximate surface area is 104 Å². The molecule has 0 aliphatic heterocycles. The third-order valence-electron chi connectivity index (χ3n) is 3.31.